The van der Waals surface area contributed by atoms with Gasteiger partial charge in [-0.2, -0.15) is 0 Å². The fourth-order valence-corrected chi connectivity index (χ4v) is 2.84. The van der Waals surface area contributed by atoms with Gasteiger partial charge in [0.15, 0.2) is 0 Å². The van der Waals surface area contributed by atoms with Gasteiger partial charge < -0.3 is 9.67 Å². The Hall–Kier alpha value is -1.77. The Morgan fingerprint density at radius 3 is 2.80 bits per heavy atom. The van der Waals surface area contributed by atoms with Gasteiger partial charge in [0.25, 0.3) is 0 Å². The number of hydrogen-bond acceptors (Lipinski definition) is 5. The average molecular weight is 296 g/mol. The second-order valence-electron chi connectivity index (χ2n) is 4.14. The van der Waals surface area contributed by atoms with E-state index < -0.39 is 10.0 Å². The molecule has 20 heavy (non-hydrogen) atoms. The molecule has 108 valence electrons. The van der Waals surface area contributed by atoms with Crippen molar-refractivity contribution in [3.63, 3.8) is 0 Å². The first-order chi connectivity index (χ1) is 9.56. The number of nitrogens with zero attached hydrogens (tertiary/aromatic N) is 3. The normalized spacial score (nSPS) is 11.7. The molecule has 0 fully saturated rings. The number of nitrogens with one attached hydrogen (secondary N) is 1. The Balaban J connectivity index is 2.16. The topological polar surface area (TPSA) is 97.1 Å². The van der Waals surface area contributed by atoms with E-state index in [0.717, 1.165) is 0 Å². The van der Waals surface area contributed by atoms with Crippen molar-refractivity contribution in [2.75, 3.05) is 0 Å². The van der Waals surface area contributed by atoms with Gasteiger partial charge in [0.2, 0.25) is 10.0 Å². The van der Waals surface area contributed by atoms with Crippen LogP contribution in [-0.4, -0.2) is 28.1 Å². The Kier molecular flexibility index (Phi) is 4.48. The summed E-state index contributed by atoms with van der Waals surface area (Å²) in [4.78, 5) is 7.85. The van der Waals surface area contributed by atoms with E-state index in [1.807, 2.05) is 6.92 Å². The molecule has 0 radical (unpaired) electrons. The molecule has 0 aliphatic heterocycles. The predicted molar refractivity (Wildman–Crippen MR) is 72.1 cm³/mol. The van der Waals surface area contributed by atoms with Crippen LogP contribution in [-0.2, 0) is 29.7 Å². The second kappa shape index (κ2) is 6.12. The molecule has 8 heteroatoms. The lowest BCUT2D eigenvalue weighted by Crippen LogP contribution is -2.23. The van der Waals surface area contributed by atoms with Gasteiger partial charge in [-0.1, -0.05) is 0 Å². The smallest absolute Gasteiger partial charge is 0.242 e. The number of hydrogen-bond donors (Lipinski definition) is 2. The molecule has 2 rings (SSSR count). The summed E-state index contributed by atoms with van der Waals surface area (Å²) in [6, 6.07) is 3.10. The molecule has 2 aromatic heterocycles. The molecule has 0 bridgehead atoms. The third-order valence-electron chi connectivity index (χ3n) is 2.86. The van der Waals surface area contributed by atoms with E-state index in [-0.39, 0.29) is 18.0 Å². The molecule has 0 amide bonds. The summed E-state index contributed by atoms with van der Waals surface area (Å²) >= 11 is 0. The Labute approximate surface area is 117 Å². The van der Waals surface area contributed by atoms with Crippen LogP contribution in [0.1, 0.15) is 18.3 Å². The van der Waals surface area contributed by atoms with Crippen molar-refractivity contribution in [3.05, 3.63) is 42.2 Å². The van der Waals surface area contributed by atoms with Gasteiger partial charge in [0, 0.05) is 24.6 Å². The van der Waals surface area contributed by atoms with E-state index in [9.17, 15) is 13.5 Å². The molecule has 0 atom stereocenters. The van der Waals surface area contributed by atoms with Crippen molar-refractivity contribution in [2.24, 2.45) is 0 Å². The minimum atomic E-state index is -3.62. The lowest BCUT2D eigenvalue weighted by molar-refractivity contribution is 0.271. The largest absolute Gasteiger partial charge is 0.390 e. The van der Waals surface area contributed by atoms with Crippen LogP contribution in [0.15, 0.2) is 35.7 Å². The Morgan fingerprint density at radius 1 is 1.45 bits per heavy atom. The molecular weight excluding hydrogens is 280 g/mol. The van der Waals surface area contributed by atoms with Crippen molar-refractivity contribution < 1.29 is 13.5 Å². The number of rotatable bonds is 6. The molecule has 0 aromatic carbocycles. The quantitative estimate of drug-likeness (QED) is 0.797. The molecule has 0 saturated carbocycles. The van der Waals surface area contributed by atoms with Crippen molar-refractivity contribution in [3.8, 4) is 0 Å². The van der Waals surface area contributed by atoms with E-state index in [2.05, 4.69) is 14.7 Å². The zero-order valence-corrected chi connectivity index (χ0v) is 11.8. The van der Waals surface area contributed by atoms with E-state index in [4.69, 9.17) is 0 Å². The zero-order chi connectivity index (χ0) is 14.6. The number of aromatic nitrogens is 3. The van der Waals surface area contributed by atoms with Crippen LogP contribution in [0.4, 0.5) is 0 Å². The summed E-state index contributed by atoms with van der Waals surface area (Å²) < 4.78 is 28.5. The van der Waals surface area contributed by atoms with Crippen LogP contribution in [0.2, 0.25) is 0 Å². The highest BCUT2D eigenvalue weighted by molar-refractivity contribution is 7.89. The molecule has 0 unspecified atom stereocenters. The van der Waals surface area contributed by atoms with Gasteiger partial charge in [0.1, 0.15) is 6.33 Å². The summed E-state index contributed by atoms with van der Waals surface area (Å²) in [5.41, 5.74) is 1.15. The minimum Gasteiger partial charge on any atom is -0.390 e. The second-order valence-corrected chi connectivity index (χ2v) is 5.90. The number of aliphatic hydroxyl groups excluding tert-OH is 1. The predicted octanol–water partition coefficient (Wildman–Crippen LogP) is 0.269. The summed E-state index contributed by atoms with van der Waals surface area (Å²) in [5.74, 6) is 0. The SMILES string of the molecule is CCn1cc(S(=O)(=O)NCc2ccncn2)cc1CO. The van der Waals surface area contributed by atoms with Crippen LogP contribution >= 0.6 is 0 Å². The summed E-state index contributed by atoms with van der Waals surface area (Å²) in [7, 11) is -3.62. The van der Waals surface area contributed by atoms with Crippen molar-refractivity contribution in [1.29, 1.82) is 0 Å². The van der Waals surface area contributed by atoms with Crippen LogP contribution in [0.5, 0.6) is 0 Å². The van der Waals surface area contributed by atoms with Gasteiger partial charge in [-0.25, -0.2) is 23.1 Å². The fourth-order valence-electron chi connectivity index (χ4n) is 1.77. The van der Waals surface area contributed by atoms with Crippen LogP contribution < -0.4 is 4.72 Å². The molecule has 0 aliphatic rings. The monoisotopic (exact) mass is 296 g/mol. The lowest BCUT2D eigenvalue weighted by Gasteiger charge is -2.04. The average Bonchev–Trinajstić information content (AvgIpc) is 2.90. The number of aryl methyl sites for hydroxylation is 1. The van der Waals surface area contributed by atoms with E-state index in [0.29, 0.717) is 17.9 Å². The molecular formula is C12H16N4O3S. The highest BCUT2D eigenvalue weighted by Gasteiger charge is 2.17. The summed E-state index contributed by atoms with van der Waals surface area (Å²) in [5, 5.41) is 9.18. The van der Waals surface area contributed by atoms with E-state index in [1.165, 1.54) is 18.6 Å². The van der Waals surface area contributed by atoms with E-state index in [1.54, 1.807) is 16.8 Å². The maximum Gasteiger partial charge on any atom is 0.242 e. The van der Waals surface area contributed by atoms with Crippen LogP contribution in [0.25, 0.3) is 0 Å². The molecule has 2 aromatic rings. The third-order valence-corrected chi connectivity index (χ3v) is 4.23. The Bertz CT molecular complexity index is 646. The summed E-state index contributed by atoms with van der Waals surface area (Å²) in [6.45, 7) is 2.37. The molecule has 0 saturated heterocycles. The minimum absolute atomic E-state index is 0.0939. The molecule has 7 nitrogen and oxygen atoms in total. The van der Waals surface area contributed by atoms with Gasteiger partial charge in [-0.05, 0) is 19.1 Å². The van der Waals surface area contributed by atoms with Gasteiger partial charge in [-0.15, -0.1) is 0 Å². The van der Waals surface area contributed by atoms with Gasteiger partial charge >= 0.3 is 0 Å². The van der Waals surface area contributed by atoms with Crippen molar-refractivity contribution >= 4 is 10.0 Å². The van der Waals surface area contributed by atoms with Crippen LogP contribution in [0, 0.1) is 0 Å². The third kappa shape index (κ3) is 3.21. The highest BCUT2D eigenvalue weighted by atomic mass is 32.2. The molecule has 2 N–H and O–H groups in total. The first kappa shape index (κ1) is 14.6. The maximum absolute atomic E-state index is 12.2. The van der Waals surface area contributed by atoms with Crippen LogP contribution in [0.3, 0.4) is 0 Å². The maximum atomic E-state index is 12.2. The van der Waals surface area contributed by atoms with E-state index >= 15 is 0 Å². The standard InChI is InChI=1S/C12H16N4O3S/c1-2-16-7-12(5-11(16)8-17)20(18,19)15-6-10-3-4-13-9-14-10/h3-5,7,9,15,17H,2,6,8H2,1H3. The van der Waals surface area contributed by atoms with Gasteiger partial charge in [-0.3, -0.25) is 0 Å². The molecule has 2 heterocycles. The van der Waals surface area contributed by atoms with Gasteiger partial charge in [0.05, 0.1) is 23.7 Å². The van der Waals surface area contributed by atoms with Crippen molar-refractivity contribution in [2.45, 2.75) is 31.5 Å². The van der Waals surface area contributed by atoms with Crippen molar-refractivity contribution in [1.82, 2.24) is 19.3 Å². The zero-order valence-electron chi connectivity index (χ0n) is 11.0. The first-order valence-electron chi connectivity index (χ1n) is 6.11. The first-order valence-corrected chi connectivity index (χ1v) is 7.59. The lowest BCUT2D eigenvalue weighted by atomic mass is 10.4. The number of aliphatic hydroxyl groups is 1. The Morgan fingerprint density at radius 2 is 2.25 bits per heavy atom. The fraction of sp³-hybridized carbons (Fsp3) is 0.333. The highest BCUT2D eigenvalue weighted by Crippen LogP contribution is 2.14. The molecule has 0 aliphatic carbocycles. The summed E-state index contributed by atoms with van der Waals surface area (Å²) in [6.07, 6.45) is 4.42. The number of sulfonamides is 1. The molecule has 0 spiro atoms.